The van der Waals surface area contributed by atoms with Crippen LogP contribution in [0.1, 0.15) is 17.5 Å². The molecule has 0 spiro atoms. The van der Waals surface area contributed by atoms with Crippen LogP contribution in [0.4, 0.5) is 19.3 Å². The van der Waals surface area contributed by atoms with Gasteiger partial charge in [0.1, 0.15) is 17.7 Å². The number of likely N-dealkylation sites (tertiary alicyclic amines) is 1. The first kappa shape index (κ1) is 18.9. The number of halogens is 3. The SMILES string of the molecule is N#Cc1ccc(N(Cc2cc(F)ccc2F)[C@H]2CCN(C(=O)O)C2)cc1Cl. The van der Waals surface area contributed by atoms with Gasteiger partial charge in [-0.25, -0.2) is 13.6 Å². The topological polar surface area (TPSA) is 67.6 Å². The van der Waals surface area contributed by atoms with Crippen LogP contribution in [0, 0.1) is 23.0 Å². The zero-order chi connectivity index (χ0) is 19.6. The number of hydrogen-bond acceptors (Lipinski definition) is 3. The normalized spacial score (nSPS) is 16.2. The lowest BCUT2D eigenvalue weighted by atomic mass is 10.1. The summed E-state index contributed by atoms with van der Waals surface area (Å²) in [6, 6.07) is 9.78. The second-order valence-corrected chi connectivity index (χ2v) is 6.72. The third-order valence-electron chi connectivity index (χ3n) is 4.63. The molecule has 3 rings (SSSR count). The van der Waals surface area contributed by atoms with Gasteiger partial charge in [0.2, 0.25) is 0 Å². The first-order chi connectivity index (χ1) is 12.9. The van der Waals surface area contributed by atoms with Gasteiger partial charge in [-0.1, -0.05) is 11.6 Å². The van der Waals surface area contributed by atoms with Crippen molar-refractivity contribution in [3.05, 3.63) is 64.2 Å². The molecular formula is C19H16ClF2N3O2. The van der Waals surface area contributed by atoms with Gasteiger partial charge in [0.15, 0.2) is 0 Å². The molecule has 0 saturated carbocycles. The van der Waals surface area contributed by atoms with E-state index < -0.39 is 17.7 Å². The van der Waals surface area contributed by atoms with Gasteiger partial charge in [0.05, 0.1) is 10.6 Å². The Balaban J connectivity index is 1.96. The Bertz CT molecular complexity index is 916. The molecule has 140 valence electrons. The Hall–Kier alpha value is -2.85. The molecule has 1 atom stereocenters. The molecule has 1 aliphatic heterocycles. The average molecular weight is 392 g/mol. The molecule has 2 aromatic rings. The Morgan fingerprint density at radius 3 is 2.74 bits per heavy atom. The molecule has 1 saturated heterocycles. The third kappa shape index (κ3) is 4.12. The number of carboxylic acid groups (broad SMARTS) is 1. The van der Waals surface area contributed by atoms with Crippen molar-refractivity contribution in [2.45, 2.75) is 19.0 Å². The maximum atomic E-state index is 14.2. The fraction of sp³-hybridized carbons (Fsp3) is 0.263. The van der Waals surface area contributed by atoms with Gasteiger partial charge in [0.25, 0.3) is 0 Å². The highest BCUT2D eigenvalue weighted by Gasteiger charge is 2.31. The maximum absolute atomic E-state index is 14.2. The minimum absolute atomic E-state index is 0.0456. The van der Waals surface area contributed by atoms with Crippen molar-refractivity contribution in [2.75, 3.05) is 18.0 Å². The Kier molecular flexibility index (Phi) is 5.47. The molecule has 27 heavy (non-hydrogen) atoms. The van der Waals surface area contributed by atoms with Gasteiger partial charge in [0, 0.05) is 36.9 Å². The molecule has 8 heteroatoms. The number of amides is 1. The summed E-state index contributed by atoms with van der Waals surface area (Å²) in [4.78, 5) is 14.3. The lowest BCUT2D eigenvalue weighted by molar-refractivity contribution is 0.155. The monoisotopic (exact) mass is 391 g/mol. The third-order valence-corrected chi connectivity index (χ3v) is 4.94. The predicted molar refractivity (Wildman–Crippen MR) is 96.7 cm³/mol. The van der Waals surface area contributed by atoms with Crippen molar-refractivity contribution in [3.63, 3.8) is 0 Å². The molecule has 5 nitrogen and oxygen atoms in total. The van der Waals surface area contributed by atoms with E-state index in [1.54, 1.807) is 23.1 Å². The lowest BCUT2D eigenvalue weighted by Gasteiger charge is -2.31. The molecule has 1 N–H and O–H groups in total. The van der Waals surface area contributed by atoms with Crippen molar-refractivity contribution < 1.29 is 18.7 Å². The van der Waals surface area contributed by atoms with E-state index >= 15 is 0 Å². The minimum Gasteiger partial charge on any atom is -0.465 e. The van der Waals surface area contributed by atoms with Crippen LogP contribution in [0.2, 0.25) is 5.02 Å². The number of nitrogens with zero attached hydrogens (tertiary/aromatic N) is 3. The highest BCUT2D eigenvalue weighted by atomic mass is 35.5. The van der Waals surface area contributed by atoms with E-state index in [2.05, 4.69) is 0 Å². The van der Waals surface area contributed by atoms with E-state index in [0.29, 0.717) is 24.2 Å². The molecule has 0 radical (unpaired) electrons. The summed E-state index contributed by atoms with van der Waals surface area (Å²) in [6.07, 6.45) is -0.479. The van der Waals surface area contributed by atoms with E-state index in [4.69, 9.17) is 16.9 Å². The van der Waals surface area contributed by atoms with Crippen LogP contribution in [0.5, 0.6) is 0 Å². The minimum atomic E-state index is -1.02. The first-order valence-electron chi connectivity index (χ1n) is 8.27. The van der Waals surface area contributed by atoms with Crippen LogP contribution >= 0.6 is 11.6 Å². The van der Waals surface area contributed by atoms with E-state index in [9.17, 15) is 18.7 Å². The van der Waals surface area contributed by atoms with Crippen LogP contribution in [0.3, 0.4) is 0 Å². The van der Waals surface area contributed by atoms with Gasteiger partial charge >= 0.3 is 6.09 Å². The Labute approximate surface area is 160 Å². The van der Waals surface area contributed by atoms with E-state index in [1.807, 2.05) is 6.07 Å². The zero-order valence-corrected chi connectivity index (χ0v) is 15.0. The molecule has 1 amide bonds. The van der Waals surface area contributed by atoms with Crippen molar-refractivity contribution in [1.29, 1.82) is 5.26 Å². The van der Waals surface area contributed by atoms with E-state index in [-0.39, 0.29) is 29.7 Å². The summed E-state index contributed by atoms with van der Waals surface area (Å²) in [5.74, 6) is -1.10. The summed E-state index contributed by atoms with van der Waals surface area (Å²) in [7, 11) is 0. The van der Waals surface area contributed by atoms with Crippen LogP contribution in [-0.2, 0) is 6.54 Å². The van der Waals surface area contributed by atoms with Crippen LogP contribution in [0.15, 0.2) is 36.4 Å². The van der Waals surface area contributed by atoms with Gasteiger partial charge in [-0.05, 0) is 42.8 Å². The van der Waals surface area contributed by atoms with Crippen molar-refractivity contribution in [3.8, 4) is 6.07 Å². The second kappa shape index (κ2) is 7.80. The highest BCUT2D eigenvalue weighted by Crippen LogP contribution is 2.30. The van der Waals surface area contributed by atoms with Crippen LogP contribution in [0.25, 0.3) is 0 Å². The van der Waals surface area contributed by atoms with Crippen molar-refractivity contribution >= 4 is 23.4 Å². The number of hydrogen-bond donors (Lipinski definition) is 1. The highest BCUT2D eigenvalue weighted by molar-refractivity contribution is 6.32. The summed E-state index contributed by atoms with van der Waals surface area (Å²) < 4.78 is 27.7. The molecule has 0 bridgehead atoms. The van der Waals surface area contributed by atoms with Crippen molar-refractivity contribution in [1.82, 2.24) is 4.90 Å². The van der Waals surface area contributed by atoms with Gasteiger partial charge in [-0.15, -0.1) is 0 Å². The molecule has 0 aliphatic carbocycles. The Morgan fingerprint density at radius 2 is 2.11 bits per heavy atom. The number of anilines is 1. The lowest BCUT2D eigenvalue weighted by Crippen LogP contribution is -2.38. The van der Waals surface area contributed by atoms with Gasteiger partial charge in [-0.2, -0.15) is 5.26 Å². The summed E-state index contributed by atoms with van der Waals surface area (Å²) in [6.45, 7) is 0.639. The van der Waals surface area contributed by atoms with E-state index in [1.165, 1.54) is 4.90 Å². The second-order valence-electron chi connectivity index (χ2n) is 6.31. The fourth-order valence-corrected chi connectivity index (χ4v) is 3.44. The Morgan fingerprint density at radius 1 is 1.33 bits per heavy atom. The number of rotatable bonds is 4. The molecule has 1 heterocycles. The molecule has 0 aromatic heterocycles. The number of carbonyl (C=O) groups is 1. The summed E-state index contributed by atoms with van der Waals surface area (Å²) in [5.41, 5.74) is 1.07. The molecule has 0 unspecified atom stereocenters. The smallest absolute Gasteiger partial charge is 0.407 e. The average Bonchev–Trinajstić information content (AvgIpc) is 3.12. The van der Waals surface area contributed by atoms with Crippen LogP contribution < -0.4 is 4.90 Å². The summed E-state index contributed by atoms with van der Waals surface area (Å²) >= 11 is 6.13. The zero-order valence-electron chi connectivity index (χ0n) is 14.2. The molecule has 2 aromatic carbocycles. The van der Waals surface area contributed by atoms with Crippen molar-refractivity contribution in [2.24, 2.45) is 0 Å². The van der Waals surface area contributed by atoms with Crippen LogP contribution in [-0.4, -0.2) is 35.2 Å². The first-order valence-corrected chi connectivity index (χ1v) is 8.65. The summed E-state index contributed by atoms with van der Waals surface area (Å²) in [5, 5.41) is 18.5. The molecule has 1 fully saturated rings. The quantitative estimate of drug-likeness (QED) is 0.846. The molecule has 1 aliphatic rings. The number of nitriles is 1. The van der Waals surface area contributed by atoms with Gasteiger partial charge in [-0.3, -0.25) is 0 Å². The van der Waals surface area contributed by atoms with Gasteiger partial charge < -0.3 is 14.9 Å². The predicted octanol–water partition coefficient (Wildman–Crippen LogP) is 4.25. The van der Waals surface area contributed by atoms with E-state index in [0.717, 1.165) is 18.2 Å². The maximum Gasteiger partial charge on any atom is 0.407 e. The number of benzene rings is 2. The fourth-order valence-electron chi connectivity index (χ4n) is 3.22. The molecular weight excluding hydrogens is 376 g/mol. The largest absolute Gasteiger partial charge is 0.465 e. The standard InChI is InChI=1S/C19H16ClF2N3O2/c20-17-8-15(3-1-12(17)9-23)25(16-5-6-24(11-16)19(26)27)10-13-7-14(21)2-4-18(13)22/h1-4,7-8,16H,5-6,10-11H2,(H,26,27)/t16-/m0/s1.